The molecule has 0 aromatic rings. The van der Waals surface area contributed by atoms with Gasteiger partial charge in [0, 0.05) is 42.9 Å². The molecule has 9 atom stereocenters. The number of piperidine rings is 2. The van der Waals surface area contributed by atoms with Gasteiger partial charge in [-0.3, -0.25) is 9.59 Å². The first-order valence-electron chi connectivity index (χ1n) is 11.8. The molecule has 3 aliphatic heterocycles. The van der Waals surface area contributed by atoms with E-state index in [1.165, 1.54) is 0 Å². The van der Waals surface area contributed by atoms with Gasteiger partial charge in [-0.25, -0.2) is 0 Å². The summed E-state index contributed by atoms with van der Waals surface area (Å²) in [5.74, 6) is 2.21. The second-order valence-electron chi connectivity index (χ2n) is 10.3. The van der Waals surface area contributed by atoms with Crippen LogP contribution in [0, 0.1) is 23.7 Å². The summed E-state index contributed by atoms with van der Waals surface area (Å²) in [7, 11) is 2.02. The number of nitrogens with one attached hydrogen (secondary N) is 2. The van der Waals surface area contributed by atoms with Crippen molar-refractivity contribution < 1.29 is 9.59 Å². The first-order chi connectivity index (χ1) is 13.8. The highest BCUT2D eigenvalue weighted by Crippen LogP contribution is 2.43. The van der Waals surface area contributed by atoms with E-state index in [0.29, 0.717) is 41.0 Å². The summed E-state index contributed by atoms with van der Waals surface area (Å²) < 4.78 is 0. The van der Waals surface area contributed by atoms with Gasteiger partial charge in [0.1, 0.15) is 0 Å². The molecule has 4 fully saturated rings. The van der Waals surface area contributed by atoms with Crippen molar-refractivity contribution in [3.05, 3.63) is 0 Å². The van der Waals surface area contributed by atoms with Gasteiger partial charge < -0.3 is 15.5 Å². The molecule has 4 aliphatic rings. The first-order valence-corrected chi connectivity index (χ1v) is 12.7. The zero-order valence-corrected chi connectivity index (χ0v) is 19.3. The molecule has 3 heterocycles. The van der Waals surface area contributed by atoms with Gasteiger partial charge in [-0.15, -0.1) is 11.8 Å². The van der Waals surface area contributed by atoms with Gasteiger partial charge in [-0.1, -0.05) is 13.8 Å². The normalized spacial score (nSPS) is 45.7. The summed E-state index contributed by atoms with van der Waals surface area (Å²) in [5, 5.41) is 7.71. The van der Waals surface area contributed by atoms with Gasteiger partial charge >= 0.3 is 0 Å². The summed E-state index contributed by atoms with van der Waals surface area (Å²) in [6, 6.07) is 1.12. The van der Waals surface area contributed by atoms with Gasteiger partial charge in [0.25, 0.3) is 0 Å². The average molecular weight is 422 g/mol. The van der Waals surface area contributed by atoms with Crippen molar-refractivity contribution in [3.63, 3.8) is 0 Å². The lowest BCUT2D eigenvalue weighted by molar-refractivity contribution is -0.148. The van der Waals surface area contributed by atoms with E-state index in [4.69, 9.17) is 0 Å². The van der Waals surface area contributed by atoms with Crippen LogP contribution in [0.5, 0.6) is 0 Å². The SMILES string of the molecule is CC1CC2C(CN1)CC(C1CC(NC(=O)C3CCC(C)S3)CCC1C)C(=O)N2C. The summed E-state index contributed by atoms with van der Waals surface area (Å²) >= 11 is 1.83. The molecule has 3 saturated heterocycles. The Labute approximate surface area is 180 Å². The number of hydrogen-bond acceptors (Lipinski definition) is 4. The van der Waals surface area contributed by atoms with Crippen LogP contribution >= 0.6 is 11.8 Å². The van der Waals surface area contributed by atoms with Crippen molar-refractivity contribution in [1.29, 1.82) is 0 Å². The molecule has 2 N–H and O–H groups in total. The number of carbonyl (C=O) groups excluding carboxylic acids is 2. The maximum absolute atomic E-state index is 13.3. The third kappa shape index (κ3) is 4.48. The van der Waals surface area contributed by atoms with Gasteiger partial charge in [0.15, 0.2) is 0 Å². The van der Waals surface area contributed by atoms with Gasteiger partial charge in [-0.05, 0) is 69.6 Å². The molecule has 6 heteroatoms. The summed E-state index contributed by atoms with van der Waals surface area (Å²) in [5.41, 5.74) is 0. The molecule has 0 spiro atoms. The zero-order chi connectivity index (χ0) is 20.7. The minimum Gasteiger partial charge on any atom is -0.352 e. The number of hydrogen-bond donors (Lipinski definition) is 2. The molecular weight excluding hydrogens is 382 g/mol. The number of amides is 2. The largest absolute Gasteiger partial charge is 0.352 e. The predicted molar refractivity (Wildman–Crippen MR) is 119 cm³/mol. The molecule has 0 radical (unpaired) electrons. The molecule has 0 bridgehead atoms. The minimum absolute atomic E-state index is 0.118. The van der Waals surface area contributed by atoms with Crippen LogP contribution in [0.4, 0.5) is 0 Å². The Bertz CT molecular complexity index is 629. The average Bonchev–Trinajstić information content (AvgIpc) is 3.13. The van der Waals surface area contributed by atoms with Crippen LogP contribution in [0.1, 0.15) is 65.7 Å². The van der Waals surface area contributed by atoms with Crippen molar-refractivity contribution in [1.82, 2.24) is 15.5 Å². The molecule has 9 unspecified atom stereocenters. The Hall–Kier alpha value is -0.750. The number of likely N-dealkylation sites (tertiary alicyclic amines) is 1. The quantitative estimate of drug-likeness (QED) is 0.735. The summed E-state index contributed by atoms with van der Waals surface area (Å²) in [4.78, 5) is 28.1. The number of rotatable bonds is 3. The Kier molecular flexibility index (Phi) is 6.50. The topological polar surface area (TPSA) is 61.4 Å². The van der Waals surface area contributed by atoms with Crippen LogP contribution in [0.25, 0.3) is 0 Å². The fraction of sp³-hybridized carbons (Fsp3) is 0.913. The van der Waals surface area contributed by atoms with Crippen molar-refractivity contribution in [2.24, 2.45) is 23.7 Å². The van der Waals surface area contributed by atoms with Gasteiger partial charge in [-0.2, -0.15) is 0 Å². The maximum Gasteiger partial charge on any atom is 0.233 e. The fourth-order valence-corrected chi connectivity index (χ4v) is 7.69. The second-order valence-corrected chi connectivity index (χ2v) is 12.0. The highest BCUT2D eigenvalue weighted by Gasteiger charge is 2.47. The Morgan fingerprint density at radius 2 is 1.90 bits per heavy atom. The molecule has 2 amide bonds. The second kappa shape index (κ2) is 8.78. The van der Waals surface area contributed by atoms with Gasteiger partial charge in [0.2, 0.25) is 11.8 Å². The van der Waals surface area contributed by atoms with E-state index in [2.05, 4.69) is 36.3 Å². The Morgan fingerprint density at radius 1 is 1.10 bits per heavy atom. The highest BCUT2D eigenvalue weighted by atomic mass is 32.2. The van der Waals surface area contributed by atoms with Crippen LogP contribution in [0.2, 0.25) is 0 Å². The van der Waals surface area contributed by atoms with E-state index in [1.807, 2.05) is 18.8 Å². The van der Waals surface area contributed by atoms with Gasteiger partial charge in [0.05, 0.1) is 5.25 Å². The fourth-order valence-electron chi connectivity index (χ4n) is 6.39. The molecule has 0 aromatic heterocycles. The lowest BCUT2D eigenvalue weighted by Crippen LogP contribution is -2.60. The predicted octanol–water partition coefficient (Wildman–Crippen LogP) is 3.04. The van der Waals surface area contributed by atoms with Crippen LogP contribution < -0.4 is 10.6 Å². The number of thioether (sulfide) groups is 1. The summed E-state index contributed by atoms with van der Waals surface area (Å²) in [6.07, 6.45) is 7.36. The molecular formula is C23H39N3O2S. The van der Waals surface area contributed by atoms with Crippen LogP contribution in [0.15, 0.2) is 0 Å². The highest BCUT2D eigenvalue weighted by molar-refractivity contribution is 8.01. The monoisotopic (exact) mass is 421 g/mol. The van der Waals surface area contributed by atoms with E-state index in [0.717, 1.165) is 51.5 Å². The third-order valence-corrected chi connectivity index (χ3v) is 9.71. The molecule has 5 nitrogen and oxygen atoms in total. The molecule has 1 saturated carbocycles. The lowest BCUT2D eigenvalue weighted by Gasteiger charge is -2.50. The smallest absolute Gasteiger partial charge is 0.233 e. The molecule has 0 aromatic carbocycles. The number of nitrogens with zero attached hydrogens (tertiary/aromatic N) is 1. The van der Waals surface area contributed by atoms with E-state index < -0.39 is 0 Å². The minimum atomic E-state index is 0.118. The van der Waals surface area contributed by atoms with E-state index >= 15 is 0 Å². The van der Waals surface area contributed by atoms with E-state index in [9.17, 15) is 9.59 Å². The molecule has 164 valence electrons. The summed E-state index contributed by atoms with van der Waals surface area (Å²) in [6.45, 7) is 7.78. The van der Waals surface area contributed by atoms with E-state index in [-0.39, 0.29) is 23.1 Å². The third-order valence-electron chi connectivity index (χ3n) is 8.23. The molecule has 4 rings (SSSR count). The number of fused-ring (bicyclic) bond motifs is 1. The number of carbonyl (C=O) groups is 2. The van der Waals surface area contributed by atoms with Crippen molar-refractivity contribution in [2.75, 3.05) is 13.6 Å². The van der Waals surface area contributed by atoms with Crippen LogP contribution in [0.3, 0.4) is 0 Å². The van der Waals surface area contributed by atoms with Crippen LogP contribution in [-0.2, 0) is 9.59 Å². The van der Waals surface area contributed by atoms with E-state index in [1.54, 1.807) is 0 Å². The van der Waals surface area contributed by atoms with Crippen molar-refractivity contribution in [2.45, 2.75) is 94.3 Å². The standard InChI is InChI=1S/C23H39N3O2S/c1-13-5-7-17(25-22(27)21-8-6-15(3)29-21)11-18(13)19-10-16-12-24-14(2)9-20(16)26(4)23(19)28/h13-21,24H,5-12H2,1-4H3,(H,25,27). The zero-order valence-electron chi connectivity index (χ0n) is 18.5. The maximum atomic E-state index is 13.3. The lowest BCUT2D eigenvalue weighted by atomic mass is 9.65. The van der Waals surface area contributed by atoms with Crippen molar-refractivity contribution in [3.8, 4) is 0 Å². The Balaban J connectivity index is 1.40. The molecule has 1 aliphatic carbocycles. The van der Waals surface area contributed by atoms with Crippen molar-refractivity contribution >= 4 is 23.6 Å². The molecule has 29 heavy (non-hydrogen) atoms. The first kappa shape index (κ1) is 21.5. The Morgan fingerprint density at radius 3 is 2.62 bits per heavy atom. The van der Waals surface area contributed by atoms with Crippen LogP contribution in [-0.4, -0.2) is 58.9 Å².